The van der Waals surface area contributed by atoms with Gasteiger partial charge in [-0.15, -0.1) is 0 Å². The molecule has 0 aromatic heterocycles. The summed E-state index contributed by atoms with van der Waals surface area (Å²) in [5.41, 5.74) is 2.57. The van der Waals surface area contributed by atoms with E-state index in [2.05, 4.69) is 24.3 Å². The second-order valence-corrected chi connectivity index (χ2v) is 4.49. The Kier molecular flexibility index (Phi) is 3.73. The summed E-state index contributed by atoms with van der Waals surface area (Å²) in [6.45, 7) is 0.670. The highest BCUT2D eigenvalue weighted by molar-refractivity contribution is 5.79. The SMILES string of the molecule is COCc1ccc(C2CCC(=O)CC2)cc1. The molecule has 0 radical (unpaired) electrons. The molecule has 2 heteroatoms. The molecule has 86 valence electrons. The minimum atomic E-state index is 0.423. The van der Waals surface area contributed by atoms with Crippen molar-refractivity contribution in [3.63, 3.8) is 0 Å². The van der Waals surface area contributed by atoms with Gasteiger partial charge in [0.15, 0.2) is 0 Å². The van der Waals surface area contributed by atoms with Crippen molar-refractivity contribution < 1.29 is 9.53 Å². The number of carbonyl (C=O) groups excluding carboxylic acids is 1. The van der Waals surface area contributed by atoms with Crippen LogP contribution in [0.5, 0.6) is 0 Å². The van der Waals surface area contributed by atoms with Gasteiger partial charge in [-0.2, -0.15) is 0 Å². The molecule has 0 N–H and O–H groups in total. The van der Waals surface area contributed by atoms with E-state index < -0.39 is 0 Å². The molecule has 1 aliphatic carbocycles. The van der Waals surface area contributed by atoms with Crippen LogP contribution in [0.3, 0.4) is 0 Å². The lowest BCUT2D eigenvalue weighted by atomic mass is 9.83. The van der Waals surface area contributed by atoms with Crippen LogP contribution in [0.15, 0.2) is 24.3 Å². The summed E-state index contributed by atoms with van der Waals surface area (Å²) in [6.07, 6.45) is 3.54. The van der Waals surface area contributed by atoms with Crippen LogP contribution in [0.25, 0.3) is 0 Å². The van der Waals surface area contributed by atoms with E-state index in [9.17, 15) is 4.79 Å². The Bertz CT molecular complexity index is 344. The van der Waals surface area contributed by atoms with Crippen molar-refractivity contribution in [1.29, 1.82) is 0 Å². The molecule has 0 aliphatic heterocycles. The highest BCUT2D eigenvalue weighted by atomic mass is 16.5. The molecule has 0 unspecified atom stereocenters. The van der Waals surface area contributed by atoms with Gasteiger partial charge in [0.25, 0.3) is 0 Å². The Morgan fingerprint density at radius 3 is 2.38 bits per heavy atom. The summed E-state index contributed by atoms with van der Waals surface area (Å²) in [7, 11) is 1.71. The molecule has 1 aromatic rings. The lowest BCUT2D eigenvalue weighted by molar-refractivity contribution is -0.120. The van der Waals surface area contributed by atoms with E-state index in [1.165, 1.54) is 11.1 Å². The van der Waals surface area contributed by atoms with Crippen LogP contribution >= 0.6 is 0 Å². The largest absolute Gasteiger partial charge is 0.380 e. The first-order valence-electron chi connectivity index (χ1n) is 5.89. The number of carbonyl (C=O) groups is 1. The minimum absolute atomic E-state index is 0.423. The summed E-state index contributed by atoms with van der Waals surface area (Å²) in [6, 6.07) is 8.59. The fraction of sp³-hybridized carbons (Fsp3) is 0.500. The lowest BCUT2D eigenvalue weighted by Gasteiger charge is -2.21. The van der Waals surface area contributed by atoms with Crippen molar-refractivity contribution in [1.82, 2.24) is 0 Å². The van der Waals surface area contributed by atoms with Gasteiger partial charge in [-0.05, 0) is 29.9 Å². The van der Waals surface area contributed by atoms with Crippen molar-refractivity contribution >= 4 is 5.78 Å². The Morgan fingerprint density at radius 2 is 1.81 bits per heavy atom. The number of rotatable bonds is 3. The number of hydrogen-bond acceptors (Lipinski definition) is 2. The van der Waals surface area contributed by atoms with Gasteiger partial charge in [-0.1, -0.05) is 24.3 Å². The Balaban J connectivity index is 2.01. The molecule has 16 heavy (non-hydrogen) atoms. The molecular weight excluding hydrogens is 200 g/mol. The number of ether oxygens (including phenoxy) is 1. The van der Waals surface area contributed by atoms with Gasteiger partial charge in [0.2, 0.25) is 0 Å². The van der Waals surface area contributed by atoms with E-state index in [1.807, 2.05) is 0 Å². The summed E-state index contributed by atoms with van der Waals surface area (Å²) in [4.78, 5) is 11.2. The first-order valence-corrected chi connectivity index (χ1v) is 5.89. The monoisotopic (exact) mass is 218 g/mol. The molecule has 0 spiro atoms. The van der Waals surface area contributed by atoms with E-state index in [4.69, 9.17) is 4.74 Å². The van der Waals surface area contributed by atoms with Gasteiger partial charge in [0.1, 0.15) is 5.78 Å². The van der Waals surface area contributed by atoms with Gasteiger partial charge >= 0.3 is 0 Å². The standard InChI is InChI=1S/C14H18O2/c1-16-10-11-2-4-12(5-3-11)13-6-8-14(15)9-7-13/h2-5,13H,6-10H2,1H3. The van der Waals surface area contributed by atoms with Crippen molar-refractivity contribution in [2.24, 2.45) is 0 Å². The van der Waals surface area contributed by atoms with E-state index in [1.54, 1.807) is 7.11 Å². The smallest absolute Gasteiger partial charge is 0.132 e. The molecule has 2 rings (SSSR count). The summed E-state index contributed by atoms with van der Waals surface area (Å²) in [5.74, 6) is 1.00. The average Bonchev–Trinajstić information content (AvgIpc) is 2.32. The van der Waals surface area contributed by atoms with Crippen molar-refractivity contribution in [2.45, 2.75) is 38.2 Å². The average molecular weight is 218 g/mol. The Hall–Kier alpha value is -1.15. The number of ketones is 1. The van der Waals surface area contributed by atoms with Gasteiger partial charge < -0.3 is 4.74 Å². The fourth-order valence-corrected chi connectivity index (χ4v) is 2.33. The van der Waals surface area contributed by atoms with E-state index >= 15 is 0 Å². The molecule has 0 atom stereocenters. The maximum Gasteiger partial charge on any atom is 0.132 e. The minimum Gasteiger partial charge on any atom is -0.380 e. The maximum atomic E-state index is 11.2. The van der Waals surface area contributed by atoms with Gasteiger partial charge in [-0.25, -0.2) is 0 Å². The molecular formula is C14H18O2. The predicted molar refractivity (Wildman–Crippen MR) is 63.4 cm³/mol. The van der Waals surface area contributed by atoms with Crippen LogP contribution in [0.1, 0.15) is 42.7 Å². The maximum absolute atomic E-state index is 11.2. The van der Waals surface area contributed by atoms with Crippen molar-refractivity contribution in [3.8, 4) is 0 Å². The van der Waals surface area contributed by atoms with E-state index in [-0.39, 0.29) is 0 Å². The predicted octanol–water partition coefficient (Wildman–Crippen LogP) is 3.06. The molecule has 1 saturated carbocycles. The summed E-state index contributed by atoms with van der Waals surface area (Å²) >= 11 is 0. The molecule has 1 aromatic carbocycles. The third kappa shape index (κ3) is 2.70. The molecule has 1 aliphatic rings. The molecule has 1 fully saturated rings. The van der Waals surface area contributed by atoms with Crippen LogP contribution < -0.4 is 0 Å². The third-order valence-electron chi connectivity index (χ3n) is 3.31. The molecule has 0 amide bonds. The fourth-order valence-electron chi connectivity index (χ4n) is 2.33. The number of benzene rings is 1. The number of hydrogen-bond donors (Lipinski definition) is 0. The molecule has 0 heterocycles. The van der Waals surface area contributed by atoms with Crippen LogP contribution in [-0.2, 0) is 16.1 Å². The molecule has 2 nitrogen and oxygen atoms in total. The van der Waals surface area contributed by atoms with Crippen LogP contribution in [0, 0.1) is 0 Å². The first kappa shape index (κ1) is 11.3. The van der Waals surface area contributed by atoms with E-state index in [0.29, 0.717) is 18.3 Å². The normalized spacial score (nSPS) is 17.7. The quantitative estimate of drug-likeness (QED) is 0.779. The zero-order valence-corrected chi connectivity index (χ0v) is 9.74. The third-order valence-corrected chi connectivity index (χ3v) is 3.31. The molecule has 0 bridgehead atoms. The summed E-state index contributed by atoms with van der Waals surface area (Å²) < 4.78 is 5.08. The summed E-state index contributed by atoms with van der Waals surface area (Å²) in [5, 5.41) is 0. The highest BCUT2D eigenvalue weighted by Gasteiger charge is 2.19. The Morgan fingerprint density at radius 1 is 1.19 bits per heavy atom. The van der Waals surface area contributed by atoms with Gasteiger partial charge in [0, 0.05) is 20.0 Å². The van der Waals surface area contributed by atoms with Gasteiger partial charge in [0.05, 0.1) is 6.61 Å². The van der Waals surface area contributed by atoms with Crippen LogP contribution in [0.4, 0.5) is 0 Å². The van der Waals surface area contributed by atoms with E-state index in [0.717, 1.165) is 25.7 Å². The van der Waals surface area contributed by atoms with Crippen LogP contribution in [-0.4, -0.2) is 12.9 Å². The zero-order chi connectivity index (χ0) is 11.4. The Labute approximate surface area is 96.6 Å². The second kappa shape index (κ2) is 5.26. The number of methoxy groups -OCH3 is 1. The first-order chi connectivity index (χ1) is 7.79. The van der Waals surface area contributed by atoms with Gasteiger partial charge in [-0.3, -0.25) is 4.79 Å². The van der Waals surface area contributed by atoms with Crippen LogP contribution in [0.2, 0.25) is 0 Å². The lowest BCUT2D eigenvalue weighted by Crippen LogP contribution is -2.12. The highest BCUT2D eigenvalue weighted by Crippen LogP contribution is 2.31. The van der Waals surface area contributed by atoms with Crippen molar-refractivity contribution in [2.75, 3.05) is 7.11 Å². The number of Topliss-reactive ketones (excluding diaryl/α,β-unsaturated/α-hetero) is 1. The second-order valence-electron chi connectivity index (χ2n) is 4.49. The topological polar surface area (TPSA) is 26.3 Å². The zero-order valence-electron chi connectivity index (χ0n) is 9.74. The van der Waals surface area contributed by atoms with Crippen molar-refractivity contribution in [3.05, 3.63) is 35.4 Å². The molecule has 0 saturated heterocycles.